The average molecular weight is 293 g/mol. The van der Waals surface area contributed by atoms with Crippen molar-refractivity contribution in [3.63, 3.8) is 0 Å². The minimum atomic E-state index is 0.659. The number of thiol groups is 1. The van der Waals surface area contributed by atoms with E-state index in [-0.39, 0.29) is 0 Å². The van der Waals surface area contributed by atoms with Crippen molar-refractivity contribution in [3.8, 4) is 16.9 Å². The van der Waals surface area contributed by atoms with Gasteiger partial charge in [-0.05, 0) is 41.9 Å². The van der Waals surface area contributed by atoms with Crippen LogP contribution in [0.4, 0.5) is 0 Å². The molecule has 0 radical (unpaired) electrons. The molecule has 19 heavy (non-hydrogen) atoms. The molecule has 0 unspecified atom stereocenters. The summed E-state index contributed by atoms with van der Waals surface area (Å²) in [5.41, 5.74) is 2.26. The van der Waals surface area contributed by atoms with E-state index >= 15 is 0 Å². The molecule has 0 spiro atoms. The number of hydrogen-bond donors (Lipinski definition) is 1. The normalized spacial score (nSPS) is 10.4. The monoisotopic (exact) mass is 292 g/mol. The van der Waals surface area contributed by atoms with E-state index in [0.717, 1.165) is 35.5 Å². The van der Waals surface area contributed by atoms with Crippen molar-refractivity contribution in [2.24, 2.45) is 0 Å². The van der Waals surface area contributed by atoms with Crippen LogP contribution >= 0.6 is 24.2 Å². The topological polar surface area (TPSA) is 9.23 Å². The lowest BCUT2D eigenvalue weighted by Gasteiger charge is -2.09. The molecule has 0 atom stereocenters. The van der Waals surface area contributed by atoms with Gasteiger partial charge in [-0.25, -0.2) is 0 Å². The maximum absolute atomic E-state index is 6.25. The van der Waals surface area contributed by atoms with Gasteiger partial charge in [-0.3, -0.25) is 0 Å². The van der Waals surface area contributed by atoms with Gasteiger partial charge >= 0.3 is 0 Å². The Morgan fingerprint density at radius 1 is 0.947 bits per heavy atom. The summed E-state index contributed by atoms with van der Waals surface area (Å²) in [7, 11) is 0. The Morgan fingerprint density at radius 2 is 1.74 bits per heavy atom. The van der Waals surface area contributed by atoms with E-state index < -0.39 is 0 Å². The summed E-state index contributed by atoms with van der Waals surface area (Å²) in [6, 6.07) is 16.1. The van der Waals surface area contributed by atoms with Crippen molar-refractivity contribution in [1.82, 2.24) is 0 Å². The second-order valence-corrected chi connectivity index (χ2v) is 5.14. The average Bonchev–Trinajstić information content (AvgIpc) is 2.46. The quantitative estimate of drug-likeness (QED) is 0.576. The van der Waals surface area contributed by atoms with E-state index in [1.54, 1.807) is 0 Å². The number of ether oxygens (including phenoxy) is 1. The largest absolute Gasteiger partial charge is 0.492 e. The molecular weight excluding hydrogens is 276 g/mol. The second kappa shape index (κ2) is 7.46. The fraction of sp³-hybridized carbons (Fsp3) is 0.250. The highest BCUT2D eigenvalue weighted by molar-refractivity contribution is 7.80. The lowest BCUT2D eigenvalue weighted by Crippen LogP contribution is -1.98. The van der Waals surface area contributed by atoms with E-state index in [1.807, 2.05) is 36.4 Å². The first-order chi connectivity index (χ1) is 9.31. The Morgan fingerprint density at radius 3 is 2.42 bits per heavy atom. The second-order valence-electron chi connectivity index (χ2n) is 4.29. The molecule has 100 valence electrons. The Hall–Kier alpha value is -1.12. The molecule has 2 aromatic carbocycles. The van der Waals surface area contributed by atoms with Gasteiger partial charge < -0.3 is 4.74 Å². The Kier molecular flexibility index (Phi) is 5.62. The minimum absolute atomic E-state index is 0.659. The zero-order valence-electron chi connectivity index (χ0n) is 10.7. The number of halogens is 1. The maximum atomic E-state index is 6.25. The first-order valence-corrected chi connectivity index (χ1v) is 7.41. The van der Waals surface area contributed by atoms with Crippen LogP contribution in [0, 0.1) is 0 Å². The number of benzene rings is 2. The van der Waals surface area contributed by atoms with Crippen molar-refractivity contribution >= 4 is 24.2 Å². The van der Waals surface area contributed by atoms with Gasteiger partial charge in [-0.15, -0.1) is 0 Å². The van der Waals surface area contributed by atoms with Crippen LogP contribution in [0.3, 0.4) is 0 Å². The predicted octanol–water partition coefficient (Wildman–Crippen LogP) is 5.10. The first kappa shape index (κ1) is 14.3. The molecule has 0 bridgehead atoms. The highest BCUT2D eigenvalue weighted by atomic mass is 35.5. The molecule has 0 heterocycles. The Labute approximate surface area is 125 Å². The first-order valence-electron chi connectivity index (χ1n) is 6.40. The lowest BCUT2D eigenvalue weighted by molar-refractivity contribution is 0.310. The van der Waals surface area contributed by atoms with Gasteiger partial charge in [-0.1, -0.05) is 48.0 Å². The van der Waals surface area contributed by atoms with Gasteiger partial charge in [0, 0.05) is 0 Å². The molecule has 2 rings (SSSR count). The van der Waals surface area contributed by atoms with Crippen LogP contribution < -0.4 is 4.74 Å². The highest BCUT2D eigenvalue weighted by Crippen LogP contribution is 2.30. The molecule has 1 nitrogen and oxygen atoms in total. The van der Waals surface area contributed by atoms with Crippen LogP contribution in [-0.4, -0.2) is 12.4 Å². The predicted molar refractivity (Wildman–Crippen MR) is 85.5 cm³/mol. The van der Waals surface area contributed by atoms with Crippen LogP contribution in [0.15, 0.2) is 48.5 Å². The summed E-state index contributed by atoms with van der Waals surface area (Å²) in [6.07, 6.45) is 2.06. The Balaban J connectivity index is 2.05. The van der Waals surface area contributed by atoms with Gasteiger partial charge in [0.25, 0.3) is 0 Å². The van der Waals surface area contributed by atoms with E-state index in [0.29, 0.717) is 11.6 Å². The van der Waals surface area contributed by atoms with Crippen molar-refractivity contribution in [3.05, 3.63) is 53.6 Å². The molecule has 0 aliphatic carbocycles. The number of hydrogen-bond acceptors (Lipinski definition) is 2. The van der Waals surface area contributed by atoms with E-state index in [2.05, 4.69) is 24.8 Å². The van der Waals surface area contributed by atoms with E-state index in [1.165, 1.54) is 0 Å². The van der Waals surface area contributed by atoms with E-state index in [4.69, 9.17) is 16.3 Å². The number of rotatable bonds is 6. The van der Waals surface area contributed by atoms with Gasteiger partial charge in [0.05, 0.1) is 11.6 Å². The summed E-state index contributed by atoms with van der Waals surface area (Å²) in [4.78, 5) is 0. The summed E-state index contributed by atoms with van der Waals surface area (Å²) in [5, 5.41) is 0.659. The SMILES string of the molecule is SCCCCOc1ccc(-c2ccccc2)cc1Cl. The minimum Gasteiger partial charge on any atom is -0.492 e. The zero-order valence-corrected chi connectivity index (χ0v) is 12.3. The summed E-state index contributed by atoms with van der Waals surface area (Å²) < 4.78 is 5.66. The van der Waals surface area contributed by atoms with Crippen LogP contribution in [0.1, 0.15) is 12.8 Å². The third kappa shape index (κ3) is 4.19. The molecule has 0 amide bonds. The molecule has 0 saturated carbocycles. The molecule has 0 N–H and O–H groups in total. The van der Waals surface area contributed by atoms with Crippen LogP contribution in [0.25, 0.3) is 11.1 Å². The molecule has 2 aromatic rings. The number of unbranched alkanes of at least 4 members (excludes halogenated alkanes) is 1. The summed E-state index contributed by atoms with van der Waals surface area (Å²) in [5.74, 6) is 1.64. The standard InChI is InChI=1S/C16H17ClOS/c17-15-12-14(13-6-2-1-3-7-13)8-9-16(15)18-10-4-5-11-19/h1-3,6-9,12,19H,4-5,10-11H2. The van der Waals surface area contributed by atoms with Crippen molar-refractivity contribution < 1.29 is 4.74 Å². The van der Waals surface area contributed by atoms with Gasteiger partial charge in [0.1, 0.15) is 5.75 Å². The van der Waals surface area contributed by atoms with Crippen molar-refractivity contribution in [1.29, 1.82) is 0 Å². The summed E-state index contributed by atoms with van der Waals surface area (Å²) in [6.45, 7) is 0.685. The molecule has 0 saturated heterocycles. The molecule has 0 aromatic heterocycles. The van der Waals surface area contributed by atoms with Crippen molar-refractivity contribution in [2.75, 3.05) is 12.4 Å². The smallest absolute Gasteiger partial charge is 0.137 e. The third-order valence-electron chi connectivity index (χ3n) is 2.85. The summed E-state index contributed by atoms with van der Waals surface area (Å²) >= 11 is 10.4. The third-order valence-corrected chi connectivity index (χ3v) is 3.46. The Bertz CT molecular complexity index is 513. The van der Waals surface area contributed by atoms with Gasteiger partial charge in [0.2, 0.25) is 0 Å². The lowest BCUT2D eigenvalue weighted by atomic mass is 10.1. The fourth-order valence-corrected chi connectivity index (χ4v) is 2.28. The highest BCUT2D eigenvalue weighted by Gasteiger charge is 2.04. The van der Waals surface area contributed by atoms with Gasteiger partial charge in [0.15, 0.2) is 0 Å². The maximum Gasteiger partial charge on any atom is 0.137 e. The molecular formula is C16H17ClOS. The molecule has 0 aliphatic heterocycles. The van der Waals surface area contributed by atoms with Crippen molar-refractivity contribution in [2.45, 2.75) is 12.8 Å². The zero-order chi connectivity index (χ0) is 13.5. The van der Waals surface area contributed by atoms with Crippen LogP contribution in [0.5, 0.6) is 5.75 Å². The van der Waals surface area contributed by atoms with Crippen LogP contribution in [0.2, 0.25) is 5.02 Å². The molecule has 0 aliphatic rings. The van der Waals surface area contributed by atoms with Gasteiger partial charge in [-0.2, -0.15) is 12.6 Å². The molecule has 0 fully saturated rings. The van der Waals surface area contributed by atoms with Crippen LogP contribution in [-0.2, 0) is 0 Å². The fourth-order valence-electron chi connectivity index (χ4n) is 1.82. The van der Waals surface area contributed by atoms with E-state index in [9.17, 15) is 0 Å². The molecule has 3 heteroatoms.